The first-order valence-electron chi connectivity index (χ1n) is 6.88. The van der Waals surface area contributed by atoms with Gasteiger partial charge in [0.1, 0.15) is 0 Å². The lowest BCUT2D eigenvalue weighted by molar-refractivity contribution is 0.395. The Bertz CT molecular complexity index is 319. The summed E-state index contributed by atoms with van der Waals surface area (Å²) in [5.41, 5.74) is 2.83. The summed E-state index contributed by atoms with van der Waals surface area (Å²) in [4.78, 5) is 0. The number of nitrogens with one attached hydrogen (secondary N) is 1. The van der Waals surface area contributed by atoms with Crippen molar-refractivity contribution in [2.24, 2.45) is 5.92 Å². The van der Waals surface area contributed by atoms with Crippen LogP contribution in [0.25, 0.3) is 0 Å². The van der Waals surface area contributed by atoms with Gasteiger partial charge in [0.25, 0.3) is 0 Å². The van der Waals surface area contributed by atoms with Crippen LogP contribution >= 0.6 is 0 Å². The van der Waals surface area contributed by atoms with Crippen LogP contribution in [0, 0.1) is 12.8 Å². The van der Waals surface area contributed by atoms with Gasteiger partial charge < -0.3 is 5.32 Å². The lowest BCUT2D eigenvalue weighted by atomic mass is 9.94. The number of aryl methyl sites for hydroxylation is 2. The summed E-state index contributed by atoms with van der Waals surface area (Å²) in [5.74, 6) is 0.824. The average Bonchev–Trinajstić information content (AvgIpc) is 2.34. The molecule has 1 heteroatoms. The number of rotatable bonds is 7. The standard InChI is InChI=1S/C16H27N/c1-5-13(2)12-16(17-4)10-9-15-8-6-7-14(3)11-15/h6-8,11,13,16-17H,5,9-10,12H2,1-4H3. The maximum absolute atomic E-state index is 3.45. The van der Waals surface area contributed by atoms with Crippen molar-refractivity contribution in [3.8, 4) is 0 Å². The first kappa shape index (κ1) is 14.2. The molecule has 1 nitrogen and oxygen atoms in total. The summed E-state index contributed by atoms with van der Waals surface area (Å²) in [7, 11) is 2.09. The van der Waals surface area contributed by atoms with Crippen molar-refractivity contribution in [1.82, 2.24) is 5.32 Å². The highest BCUT2D eigenvalue weighted by atomic mass is 14.9. The molecule has 1 aromatic rings. The van der Waals surface area contributed by atoms with Crippen molar-refractivity contribution in [3.63, 3.8) is 0 Å². The van der Waals surface area contributed by atoms with E-state index in [0.29, 0.717) is 6.04 Å². The van der Waals surface area contributed by atoms with Gasteiger partial charge in [-0.15, -0.1) is 0 Å². The topological polar surface area (TPSA) is 12.0 Å². The lowest BCUT2D eigenvalue weighted by Gasteiger charge is -2.19. The Kier molecular flexibility index (Phi) is 6.28. The minimum atomic E-state index is 0.658. The van der Waals surface area contributed by atoms with Gasteiger partial charge in [-0.1, -0.05) is 50.1 Å². The molecule has 1 rings (SSSR count). The van der Waals surface area contributed by atoms with Crippen LogP contribution in [0.2, 0.25) is 0 Å². The molecule has 96 valence electrons. The van der Waals surface area contributed by atoms with E-state index in [-0.39, 0.29) is 0 Å². The normalized spacial score (nSPS) is 14.6. The first-order valence-corrected chi connectivity index (χ1v) is 6.88. The highest BCUT2D eigenvalue weighted by Crippen LogP contribution is 2.15. The van der Waals surface area contributed by atoms with Crippen LogP contribution < -0.4 is 5.32 Å². The number of benzene rings is 1. The van der Waals surface area contributed by atoms with Crippen molar-refractivity contribution in [2.75, 3.05) is 7.05 Å². The molecule has 0 aliphatic heterocycles. The number of hydrogen-bond acceptors (Lipinski definition) is 1. The third-order valence-corrected chi connectivity index (χ3v) is 3.66. The fraction of sp³-hybridized carbons (Fsp3) is 0.625. The summed E-state index contributed by atoms with van der Waals surface area (Å²) in [6, 6.07) is 9.52. The van der Waals surface area contributed by atoms with Gasteiger partial charge in [0, 0.05) is 6.04 Å². The highest BCUT2D eigenvalue weighted by Gasteiger charge is 2.10. The largest absolute Gasteiger partial charge is 0.317 e. The monoisotopic (exact) mass is 233 g/mol. The van der Waals surface area contributed by atoms with Gasteiger partial charge >= 0.3 is 0 Å². The second-order valence-electron chi connectivity index (χ2n) is 5.26. The number of hydrogen-bond donors (Lipinski definition) is 1. The average molecular weight is 233 g/mol. The van der Waals surface area contributed by atoms with Gasteiger partial charge in [-0.3, -0.25) is 0 Å². The minimum absolute atomic E-state index is 0.658. The molecule has 2 atom stereocenters. The van der Waals surface area contributed by atoms with Gasteiger partial charge in [0.15, 0.2) is 0 Å². The maximum Gasteiger partial charge on any atom is 0.00697 e. The van der Waals surface area contributed by atoms with Crippen molar-refractivity contribution in [2.45, 2.75) is 52.5 Å². The molecule has 0 aromatic heterocycles. The fourth-order valence-corrected chi connectivity index (χ4v) is 2.24. The molecule has 0 spiro atoms. The van der Waals surface area contributed by atoms with E-state index in [1.54, 1.807) is 0 Å². The van der Waals surface area contributed by atoms with Gasteiger partial charge in [0.2, 0.25) is 0 Å². The third-order valence-electron chi connectivity index (χ3n) is 3.66. The lowest BCUT2D eigenvalue weighted by Crippen LogP contribution is -2.27. The smallest absolute Gasteiger partial charge is 0.00697 e. The van der Waals surface area contributed by atoms with E-state index in [2.05, 4.69) is 57.4 Å². The Morgan fingerprint density at radius 3 is 2.65 bits per heavy atom. The Hall–Kier alpha value is -0.820. The summed E-state index contributed by atoms with van der Waals surface area (Å²) in [6.45, 7) is 6.78. The molecule has 0 aliphatic carbocycles. The molecule has 0 fully saturated rings. The Morgan fingerprint density at radius 1 is 1.29 bits per heavy atom. The second-order valence-corrected chi connectivity index (χ2v) is 5.26. The Balaban J connectivity index is 2.42. The van der Waals surface area contributed by atoms with Gasteiger partial charge in [-0.25, -0.2) is 0 Å². The molecular weight excluding hydrogens is 206 g/mol. The molecule has 0 radical (unpaired) electrons. The van der Waals surface area contributed by atoms with E-state index >= 15 is 0 Å². The summed E-state index contributed by atoms with van der Waals surface area (Å²) in [6.07, 6.45) is 5.00. The van der Waals surface area contributed by atoms with Crippen LogP contribution in [0.3, 0.4) is 0 Å². The molecule has 0 bridgehead atoms. The minimum Gasteiger partial charge on any atom is -0.317 e. The maximum atomic E-state index is 3.45. The van der Waals surface area contributed by atoms with Gasteiger partial charge in [-0.05, 0) is 44.7 Å². The zero-order valence-electron chi connectivity index (χ0n) is 11.8. The first-order chi connectivity index (χ1) is 8.15. The Labute approximate surface area is 107 Å². The second kappa shape index (κ2) is 7.50. The van der Waals surface area contributed by atoms with Crippen LogP contribution in [0.4, 0.5) is 0 Å². The van der Waals surface area contributed by atoms with Crippen molar-refractivity contribution < 1.29 is 0 Å². The molecule has 0 heterocycles. The molecule has 2 unspecified atom stereocenters. The zero-order valence-corrected chi connectivity index (χ0v) is 11.8. The molecule has 0 amide bonds. The predicted molar refractivity (Wildman–Crippen MR) is 76.4 cm³/mol. The van der Waals surface area contributed by atoms with Crippen LogP contribution in [-0.2, 0) is 6.42 Å². The molecule has 0 saturated carbocycles. The van der Waals surface area contributed by atoms with Gasteiger partial charge in [0.05, 0.1) is 0 Å². The van der Waals surface area contributed by atoms with E-state index < -0.39 is 0 Å². The zero-order chi connectivity index (χ0) is 12.7. The molecule has 0 saturated heterocycles. The van der Waals surface area contributed by atoms with E-state index in [1.165, 1.54) is 36.8 Å². The van der Waals surface area contributed by atoms with Crippen molar-refractivity contribution in [1.29, 1.82) is 0 Å². The van der Waals surface area contributed by atoms with Crippen LogP contribution in [0.15, 0.2) is 24.3 Å². The van der Waals surface area contributed by atoms with Crippen molar-refractivity contribution in [3.05, 3.63) is 35.4 Å². The van der Waals surface area contributed by atoms with Crippen LogP contribution in [0.1, 0.15) is 44.2 Å². The summed E-state index contributed by atoms with van der Waals surface area (Å²) < 4.78 is 0. The predicted octanol–water partition coefficient (Wildman–Crippen LogP) is 3.95. The van der Waals surface area contributed by atoms with Gasteiger partial charge in [-0.2, -0.15) is 0 Å². The Morgan fingerprint density at radius 2 is 2.06 bits per heavy atom. The SMILES string of the molecule is CCC(C)CC(CCc1cccc(C)c1)NC. The van der Waals surface area contributed by atoms with E-state index in [9.17, 15) is 0 Å². The molecule has 1 aromatic carbocycles. The summed E-state index contributed by atoms with van der Waals surface area (Å²) >= 11 is 0. The van der Waals surface area contributed by atoms with Crippen LogP contribution in [0.5, 0.6) is 0 Å². The molecule has 0 aliphatic rings. The molecular formula is C16H27N. The third kappa shape index (κ3) is 5.36. The quantitative estimate of drug-likeness (QED) is 0.752. The highest BCUT2D eigenvalue weighted by molar-refractivity contribution is 5.22. The van der Waals surface area contributed by atoms with E-state index in [1.807, 2.05) is 0 Å². The van der Waals surface area contributed by atoms with E-state index in [4.69, 9.17) is 0 Å². The van der Waals surface area contributed by atoms with E-state index in [0.717, 1.165) is 5.92 Å². The summed E-state index contributed by atoms with van der Waals surface area (Å²) in [5, 5.41) is 3.45. The van der Waals surface area contributed by atoms with Crippen molar-refractivity contribution >= 4 is 0 Å². The fourth-order valence-electron chi connectivity index (χ4n) is 2.24. The molecule has 17 heavy (non-hydrogen) atoms. The van der Waals surface area contributed by atoms with Crippen LogP contribution in [-0.4, -0.2) is 13.1 Å². The molecule has 1 N–H and O–H groups in total.